The molecule has 102 valence electrons. The monoisotopic (exact) mass is 462 g/mol. The van der Waals surface area contributed by atoms with Crippen molar-refractivity contribution in [1.29, 1.82) is 0 Å². The van der Waals surface area contributed by atoms with Crippen LogP contribution in [0.4, 0.5) is 0 Å². The molecule has 0 bridgehead atoms. The zero-order valence-corrected chi connectivity index (χ0v) is 13.3. The van der Waals surface area contributed by atoms with E-state index in [-0.39, 0.29) is 21.1 Å². The van der Waals surface area contributed by atoms with Crippen molar-refractivity contribution in [3.8, 4) is 22.6 Å². The predicted molar refractivity (Wildman–Crippen MR) is 75.7 cm³/mol. The largest absolute Gasteiger partial charge is 0.255 e. The maximum absolute atomic E-state index is 6.21. The molecular weight excluding hydrogens is 453 g/mol. The van der Waals surface area contributed by atoms with Crippen LogP contribution in [0.15, 0.2) is 61.1 Å². The number of hydrogen-bond donors (Lipinski definition) is 0. The average molecular weight is 463 g/mol. The summed E-state index contributed by atoms with van der Waals surface area (Å²) in [5, 5.41) is 0.604. The Balaban J connectivity index is 0.00000147. The van der Waals surface area contributed by atoms with Gasteiger partial charge in [0.2, 0.25) is 0 Å². The minimum atomic E-state index is 0. The van der Waals surface area contributed by atoms with Crippen molar-refractivity contribution in [3.63, 3.8) is 0 Å². The first kappa shape index (κ1) is 14.8. The molecule has 0 atom stereocenters. The van der Waals surface area contributed by atoms with E-state index >= 15 is 0 Å². The molecule has 0 N–H and O–H groups in total. The van der Waals surface area contributed by atoms with Gasteiger partial charge in [-0.1, -0.05) is 17.7 Å². The van der Waals surface area contributed by atoms with Gasteiger partial charge in [-0.25, -0.2) is 0 Å². The van der Waals surface area contributed by atoms with E-state index in [4.69, 9.17) is 11.6 Å². The van der Waals surface area contributed by atoms with E-state index in [1.807, 2.05) is 42.5 Å². The molecule has 0 aliphatic heterocycles. The number of hydrogen-bond acceptors (Lipinski definition) is 3. The van der Waals surface area contributed by atoms with Gasteiger partial charge in [0.05, 0.1) is 22.1 Å². The SMILES string of the molecule is Clc1cccnc1-c1cccnc1-c1ccccn1.[Pt]. The molecule has 0 amide bonds. The van der Waals surface area contributed by atoms with Gasteiger partial charge in [0, 0.05) is 45.2 Å². The first-order chi connectivity index (χ1) is 9.36. The zero-order chi connectivity index (χ0) is 13.1. The van der Waals surface area contributed by atoms with Gasteiger partial charge in [-0.05, 0) is 36.4 Å². The first-order valence-corrected chi connectivity index (χ1v) is 6.21. The van der Waals surface area contributed by atoms with E-state index in [1.54, 1.807) is 18.6 Å². The molecule has 0 saturated heterocycles. The van der Waals surface area contributed by atoms with Gasteiger partial charge in [-0.15, -0.1) is 0 Å². The van der Waals surface area contributed by atoms with Crippen molar-refractivity contribution in [3.05, 3.63) is 66.1 Å². The quantitative estimate of drug-likeness (QED) is 0.580. The molecule has 3 heterocycles. The van der Waals surface area contributed by atoms with Crippen LogP contribution in [-0.2, 0) is 21.1 Å². The summed E-state index contributed by atoms with van der Waals surface area (Å²) in [6.45, 7) is 0. The van der Waals surface area contributed by atoms with Gasteiger partial charge in [-0.2, -0.15) is 0 Å². The standard InChI is InChI=1S/C15H10ClN3.Pt/c16-12-6-4-10-18-14(12)11-5-3-9-19-15(11)13-7-1-2-8-17-13;/h1-10H;. The van der Waals surface area contributed by atoms with Crippen molar-refractivity contribution >= 4 is 11.6 Å². The molecule has 0 unspecified atom stereocenters. The average Bonchev–Trinajstić information content (AvgIpc) is 2.49. The number of aromatic nitrogens is 3. The van der Waals surface area contributed by atoms with Crippen molar-refractivity contribution in [1.82, 2.24) is 15.0 Å². The zero-order valence-electron chi connectivity index (χ0n) is 10.3. The van der Waals surface area contributed by atoms with Crippen LogP contribution >= 0.6 is 11.6 Å². The second-order valence-electron chi connectivity index (χ2n) is 3.95. The van der Waals surface area contributed by atoms with Crippen molar-refractivity contribution in [2.24, 2.45) is 0 Å². The molecule has 0 aliphatic carbocycles. The molecule has 0 aromatic carbocycles. The molecule has 3 rings (SSSR count). The fourth-order valence-electron chi connectivity index (χ4n) is 1.89. The van der Waals surface area contributed by atoms with Crippen LogP contribution in [0.1, 0.15) is 0 Å². The summed E-state index contributed by atoms with van der Waals surface area (Å²) in [5.74, 6) is 0. The number of pyridine rings is 3. The van der Waals surface area contributed by atoms with E-state index in [0.29, 0.717) is 5.02 Å². The second kappa shape index (κ2) is 6.73. The second-order valence-corrected chi connectivity index (χ2v) is 4.36. The van der Waals surface area contributed by atoms with Gasteiger partial charge < -0.3 is 0 Å². The third-order valence-corrected chi connectivity index (χ3v) is 3.03. The summed E-state index contributed by atoms with van der Waals surface area (Å²) in [6, 6.07) is 13.2. The predicted octanol–water partition coefficient (Wildman–Crippen LogP) is 3.86. The van der Waals surface area contributed by atoms with Crippen LogP contribution in [0, 0.1) is 0 Å². The Morgan fingerprint density at radius 1 is 0.700 bits per heavy atom. The van der Waals surface area contributed by atoms with Crippen LogP contribution in [0.5, 0.6) is 0 Å². The molecule has 0 spiro atoms. The van der Waals surface area contributed by atoms with Crippen LogP contribution < -0.4 is 0 Å². The Labute approximate surface area is 136 Å². The van der Waals surface area contributed by atoms with Crippen molar-refractivity contribution < 1.29 is 21.1 Å². The summed E-state index contributed by atoms with van der Waals surface area (Å²) in [4.78, 5) is 13.1. The Kier molecular flexibility index (Phi) is 4.99. The van der Waals surface area contributed by atoms with E-state index < -0.39 is 0 Å². The molecule has 3 aromatic rings. The van der Waals surface area contributed by atoms with E-state index in [1.165, 1.54) is 0 Å². The number of nitrogens with zero attached hydrogens (tertiary/aromatic N) is 3. The minimum absolute atomic E-state index is 0. The summed E-state index contributed by atoms with van der Waals surface area (Å²) >= 11 is 6.21. The summed E-state index contributed by atoms with van der Waals surface area (Å²) in [5.41, 5.74) is 3.19. The third-order valence-electron chi connectivity index (χ3n) is 2.73. The molecule has 0 radical (unpaired) electrons. The van der Waals surface area contributed by atoms with Crippen LogP contribution in [0.25, 0.3) is 22.6 Å². The fraction of sp³-hybridized carbons (Fsp3) is 0. The Morgan fingerprint density at radius 2 is 1.40 bits per heavy atom. The third kappa shape index (κ3) is 2.95. The van der Waals surface area contributed by atoms with Gasteiger partial charge in [0.1, 0.15) is 0 Å². The van der Waals surface area contributed by atoms with E-state index in [9.17, 15) is 0 Å². The fourth-order valence-corrected chi connectivity index (χ4v) is 2.11. The van der Waals surface area contributed by atoms with Crippen LogP contribution in [0.2, 0.25) is 5.02 Å². The van der Waals surface area contributed by atoms with Gasteiger partial charge in [-0.3, -0.25) is 15.0 Å². The number of halogens is 1. The van der Waals surface area contributed by atoms with E-state index in [0.717, 1.165) is 22.6 Å². The normalized spacial score (nSPS) is 9.85. The summed E-state index contributed by atoms with van der Waals surface area (Å²) in [6.07, 6.45) is 5.20. The van der Waals surface area contributed by atoms with Gasteiger partial charge in [0.25, 0.3) is 0 Å². The molecule has 20 heavy (non-hydrogen) atoms. The maximum Gasteiger partial charge on any atom is 0.0980 e. The van der Waals surface area contributed by atoms with Crippen molar-refractivity contribution in [2.75, 3.05) is 0 Å². The molecule has 3 nitrogen and oxygen atoms in total. The molecule has 0 saturated carbocycles. The minimum Gasteiger partial charge on any atom is -0.255 e. The topological polar surface area (TPSA) is 38.7 Å². The Bertz CT molecular complexity index is 704. The molecule has 0 fully saturated rings. The van der Waals surface area contributed by atoms with Gasteiger partial charge >= 0.3 is 0 Å². The molecular formula is C15H10ClN3Pt. The maximum atomic E-state index is 6.21. The van der Waals surface area contributed by atoms with E-state index in [2.05, 4.69) is 15.0 Å². The molecule has 0 aliphatic rings. The van der Waals surface area contributed by atoms with Gasteiger partial charge in [0.15, 0.2) is 0 Å². The molecule has 5 heteroatoms. The molecule has 3 aromatic heterocycles. The Hall–Kier alpha value is -1.57. The van der Waals surface area contributed by atoms with Crippen molar-refractivity contribution in [2.45, 2.75) is 0 Å². The summed E-state index contributed by atoms with van der Waals surface area (Å²) < 4.78 is 0. The summed E-state index contributed by atoms with van der Waals surface area (Å²) in [7, 11) is 0. The van der Waals surface area contributed by atoms with Crippen LogP contribution in [0.3, 0.4) is 0 Å². The number of rotatable bonds is 2. The smallest absolute Gasteiger partial charge is 0.0980 e. The Morgan fingerprint density at radius 3 is 2.10 bits per heavy atom. The first-order valence-electron chi connectivity index (χ1n) is 5.83. The van der Waals surface area contributed by atoms with Crippen LogP contribution in [-0.4, -0.2) is 15.0 Å².